The Hall–Kier alpha value is -3.45. The highest BCUT2D eigenvalue weighted by Gasteiger charge is 2.28. The van der Waals surface area contributed by atoms with Gasteiger partial charge in [0, 0.05) is 25.6 Å². The van der Waals surface area contributed by atoms with Crippen molar-refractivity contribution in [3.63, 3.8) is 0 Å². The Bertz CT molecular complexity index is 1340. The zero-order valence-electron chi connectivity index (χ0n) is 19.9. The fourth-order valence-electron chi connectivity index (χ4n) is 4.72. The maximum atomic E-state index is 13.3. The molecular weight excluding hydrogens is 456 g/mol. The van der Waals surface area contributed by atoms with Gasteiger partial charge in [-0.3, -0.25) is 14.2 Å². The molecule has 6 nitrogen and oxygen atoms in total. The van der Waals surface area contributed by atoms with Gasteiger partial charge in [0.25, 0.3) is 5.56 Å². The highest BCUT2D eigenvalue weighted by atomic mass is 32.1. The second-order valence-corrected chi connectivity index (χ2v) is 10.2. The van der Waals surface area contributed by atoms with E-state index in [-0.39, 0.29) is 23.3 Å². The first-order chi connectivity index (χ1) is 17.1. The van der Waals surface area contributed by atoms with Gasteiger partial charge in [-0.15, -0.1) is 11.3 Å². The van der Waals surface area contributed by atoms with Gasteiger partial charge >= 0.3 is 0 Å². The van der Waals surface area contributed by atoms with Gasteiger partial charge < -0.3 is 10.2 Å². The lowest BCUT2D eigenvalue weighted by Gasteiger charge is -2.33. The summed E-state index contributed by atoms with van der Waals surface area (Å²) in [4.78, 5) is 33.3. The number of hydrogen-bond acceptors (Lipinski definition) is 5. The topological polar surface area (TPSA) is 67.2 Å². The molecule has 180 valence electrons. The van der Waals surface area contributed by atoms with Crippen molar-refractivity contribution < 1.29 is 4.79 Å². The van der Waals surface area contributed by atoms with Gasteiger partial charge in [0.2, 0.25) is 11.9 Å². The monoisotopic (exact) mass is 486 g/mol. The zero-order chi connectivity index (χ0) is 24.2. The molecular formula is C28H30N4O2S. The van der Waals surface area contributed by atoms with Crippen LogP contribution in [0, 0.1) is 5.92 Å². The number of anilines is 1. The van der Waals surface area contributed by atoms with E-state index in [1.165, 1.54) is 16.9 Å². The highest BCUT2D eigenvalue weighted by molar-refractivity contribution is 7.17. The first-order valence-electron chi connectivity index (χ1n) is 12.2. The number of thiophene rings is 1. The van der Waals surface area contributed by atoms with Gasteiger partial charge in [-0.25, -0.2) is 4.98 Å². The number of benzene rings is 2. The minimum atomic E-state index is -0.0200. The summed E-state index contributed by atoms with van der Waals surface area (Å²) >= 11 is 1.44. The summed E-state index contributed by atoms with van der Waals surface area (Å²) in [7, 11) is 0. The number of carbonyl (C=O) groups is 1. The number of piperidine rings is 1. The average molecular weight is 487 g/mol. The quantitative estimate of drug-likeness (QED) is 0.413. The number of nitrogens with one attached hydrogen (secondary N) is 1. The second-order valence-electron chi connectivity index (χ2n) is 9.24. The van der Waals surface area contributed by atoms with Crippen molar-refractivity contribution in [2.75, 3.05) is 24.5 Å². The molecule has 1 atom stereocenters. The Morgan fingerprint density at radius 2 is 1.74 bits per heavy atom. The smallest absolute Gasteiger partial charge is 0.273 e. The summed E-state index contributed by atoms with van der Waals surface area (Å²) in [5.74, 6) is 1.07. The number of aromatic nitrogens is 2. The molecule has 2 aromatic carbocycles. The van der Waals surface area contributed by atoms with E-state index in [4.69, 9.17) is 4.98 Å². The van der Waals surface area contributed by atoms with Crippen LogP contribution in [0.1, 0.15) is 36.8 Å². The van der Waals surface area contributed by atoms with E-state index in [2.05, 4.69) is 29.3 Å². The minimum absolute atomic E-state index is 0.00128. The lowest BCUT2D eigenvalue weighted by atomic mass is 9.95. The standard InChI is InChI=1S/C28H30N4O2S/c1-20(22-10-6-3-7-11-22)18-29-26(33)23-12-15-31(16-13-23)28-30-24-14-17-35-25(24)27(34)32(28)19-21-8-4-2-5-9-21/h2-11,14,17,20,23H,12-13,15-16,18-19H2,1H3,(H,29,33). The summed E-state index contributed by atoms with van der Waals surface area (Å²) in [6.45, 7) is 4.65. The fraction of sp³-hybridized carbons (Fsp3) is 0.321. The Morgan fingerprint density at radius 3 is 2.46 bits per heavy atom. The van der Waals surface area contributed by atoms with Crippen molar-refractivity contribution >= 4 is 33.4 Å². The maximum Gasteiger partial charge on any atom is 0.273 e. The molecule has 1 amide bonds. The third-order valence-electron chi connectivity index (χ3n) is 6.83. The van der Waals surface area contributed by atoms with Gasteiger partial charge in [0.05, 0.1) is 12.1 Å². The molecule has 1 saturated heterocycles. The molecule has 7 heteroatoms. The summed E-state index contributed by atoms with van der Waals surface area (Å²) in [6.07, 6.45) is 1.49. The van der Waals surface area contributed by atoms with Crippen molar-refractivity contribution in [1.29, 1.82) is 0 Å². The van der Waals surface area contributed by atoms with Crippen LogP contribution in [-0.4, -0.2) is 35.1 Å². The third-order valence-corrected chi connectivity index (χ3v) is 7.72. The Balaban J connectivity index is 1.27. The van der Waals surface area contributed by atoms with Crippen LogP contribution in [0.4, 0.5) is 5.95 Å². The van der Waals surface area contributed by atoms with Crippen LogP contribution in [0.5, 0.6) is 0 Å². The van der Waals surface area contributed by atoms with Crippen molar-refractivity contribution in [3.05, 3.63) is 93.6 Å². The van der Waals surface area contributed by atoms with Gasteiger partial charge in [0.1, 0.15) is 4.70 Å². The molecule has 1 aliphatic rings. The molecule has 4 aromatic rings. The summed E-state index contributed by atoms with van der Waals surface area (Å²) in [5.41, 5.74) is 3.04. The van der Waals surface area contributed by atoms with Crippen molar-refractivity contribution in [1.82, 2.24) is 14.9 Å². The zero-order valence-corrected chi connectivity index (χ0v) is 20.7. The van der Waals surface area contributed by atoms with E-state index in [0.29, 0.717) is 36.8 Å². The van der Waals surface area contributed by atoms with Crippen LogP contribution in [0.3, 0.4) is 0 Å². The molecule has 0 spiro atoms. The summed E-state index contributed by atoms with van der Waals surface area (Å²) < 4.78 is 2.47. The Kier molecular flexibility index (Phi) is 6.95. The van der Waals surface area contributed by atoms with Gasteiger partial charge in [-0.05, 0) is 41.3 Å². The van der Waals surface area contributed by atoms with Crippen LogP contribution >= 0.6 is 11.3 Å². The Labute approximate surface area is 209 Å². The molecule has 0 aliphatic carbocycles. The van der Waals surface area contributed by atoms with Crippen LogP contribution < -0.4 is 15.8 Å². The molecule has 0 bridgehead atoms. The van der Waals surface area contributed by atoms with Gasteiger partial charge in [0.15, 0.2) is 0 Å². The number of nitrogens with zero attached hydrogens (tertiary/aromatic N) is 3. The van der Waals surface area contributed by atoms with Crippen LogP contribution in [0.2, 0.25) is 0 Å². The predicted octanol–water partition coefficient (Wildman–Crippen LogP) is 4.64. The molecule has 1 fully saturated rings. The molecule has 35 heavy (non-hydrogen) atoms. The molecule has 1 unspecified atom stereocenters. The van der Waals surface area contributed by atoms with E-state index >= 15 is 0 Å². The first kappa shape index (κ1) is 23.3. The second kappa shape index (κ2) is 10.4. The van der Waals surface area contributed by atoms with Crippen molar-refractivity contribution in [2.45, 2.75) is 32.2 Å². The summed E-state index contributed by atoms with van der Waals surface area (Å²) in [5, 5.41) is 5.07. The lowest BCUT2D eigenvalue weighted by molar-refractivity contribution is -0.125. The first-order valence-corrected chi connectivity index (χ1v) is 13.1. The van der Waals surface area contributed by atoms with E-state index in [9.17, 15) is 9.59 Å². The van der Waals surface area contributed by atoms with E-state index < -0.39 is 0 Å². The Morgan fingerprint density at radius 1 is 1.06 bits per heavy atom. The molecule has 0 saturated carbocycles. The van der Waals surface area contributed by atoms with Gasteiger partial charge in [-0.2, -0.15) is 0 Å². The summed E-state index contributed by atoms with van der Waals surface area (Å²) in [6, 6.07) is 22.2. The number of hydrogen-bond donors (Lipinski definition) is 1. The van der Waals surface area contributed by atoms with Gasteiger partial charge in [-0.1, -0.05) is 67.6 Å². The van der Waals surface area contributed by atoms with Crippen LogP contribution in [0.25, 0.3) is 10.2 Å². The molecule has 5 rings (SSSR count). The molecule has 1 N–H and O–H groups in total. The third kappa shape index (κ3) is 5.15. The maximum absolute atomic E-state index is 13.3. The highest BCUT2D eigenvalue weighted by Crippen LogP contribution is 2.25. The average Bonchev–Trinajstić information content (AvgIpc) is 3.39. The molecule has 0 radical (unpaired) electrons. The minimum Gasteiger partial charge on any atom is -0.355 e. The van der Waals surface area contributed by atoms with Crippen LogP contribution in [-0.2, 0) is 11.3 Å². The fourth-order valence-corrected chi connectivity index (χ4v) is 5.50. The molecule has 3 heterocycles. The van der Waals surface area contributed by atoms with Crippen molar-refractivity contribution in [2.24, 2.45) is 5.92 Å². The predicted molar refractivity (Wildman–Crippen MR) is 142 cm³/mol. The van der Waals surface area contributed by atoms with Crippen molar-refractivity contribution in [3.8, 4) is 0 Å². The molecule has 1 aliphatic heterocycles. The molecule has 2 aromatic heterocycles. The number of fused-ring (bicyclic) bond motifs is 1. The largest absolute Gasteiger partial charge is 0.355 e. The normalized spacial score (nSPS) is 15.3. The number of rotatable bonds is 7. The van der Waals surface area contributed by atoms with E-state index in [1.54, 1.807) is 4.57 Å². The van der Waals surface area contributed by atoms with E-state index in [1.807, 2.05) is 60.0 Å². The number of carbonyl (C=O) groups excluding carboxylic acids is 1. The van der Waals surface area contributed by atoms with Crippen LogP contribution in [0.15, 0.2) is 76.9 Å². The lowest BCUT2D eigenvalue weighted by Crippen LogP contribution is -2.43. The van der Waals surface area contributed by atoms with E-state index in [0.717, 1.165) is 23.9 Å². The SMILES string of the molecule is CC(CNC(=O)C1CCN(c2nc3ccsc3c(=O)n2Cc2ccccc2)CC1)c1ccccc1. The number of amides is 1.